The molecule has 2 aromatic carbocycles. The molecule has 0 radical (unpaired) electrons. The minimum Gasteiger partial charge on any atom is -0.328 e. The summed E-state index contributed by atoms with van der Waals surface area (Å²) in [7, 11) is 0. The Morgan fingerprint density at radius 2 is 1.62 bits per heavy atom. The van der Waals surface area contributed by atoms with E-state index in [-0.39, 0.29) is 20.0 Å². The molecule has 2 aromatic rings. The van der Waals surface area contributed by atoms with E-state index in [9.17, 15) is 4.79 Å². The van der Waals surface area contributed by atoms with Gasteiger partial charge in [0, 0.05) is 17.1 Å². The Bertz CT molecular complexity index is 644. The highest BCUT2D eigenvalue weighted by Crippen LogP contribution is 2.23. The summed E-state index contributed by atoms with van der Waals surface area (Å²) in [6.07, 6.45) is 0. The molecule has 2 atom stereocenters. The van der Waals surface area contributed by atoms with Gasteiger partial charge in [-0.05, 0) is 35.7 Å². The van der Waals surface area contributed by atoms with Crippen molar-refractivity contribution in [3.8, 4) is 11.1 Å². The Balaban J connectivity index is 0.00000288. The van der Waals surface area contributed by atoms with Crippen molar-refractivity contribution in [2.45, 2.75) is 26.4 Å². The molecule has 24 heavy (non-hydrogen) atoms. The van der Waals surface area contributed by atoms with Crippen molar-refractivity contribution in [1.82, 2.24) is 10.8 Å². The number of nitrogens with two attached hydrogens (primary N) is 1. The highest BCUT2D eigenvalue weighted by Gasteiger charge is 2.18. The molecule has 5 N–H and O–H groups in total. The van der Waals surface area contributed by atoms with Crippen LogP contribution in [0, 0.1) is 0 Å². The monoisotopic (exact) mass is 393 g/mol. The Kier molecular flexibility index (Phi) is 8.07. The van der Waals surface area contributed by atoms with Gasteiger partial charge in [-0.3, -0.25) is 15.3 Å². The summed E-state index contributed by atoms with van der Waals surface area (Å²) in [5.74, 6) is -0.536. The van der Waals surface area contributed by atoms with Gasteiger partial charge < -0.3 is 5.73 Å². The topological polar surface area (TPSA) is 87.4 Å². The van der Waals surface area contributed by atoms with Gasteiger partial charge in [-0.25, -0.2) is 5.48 Å². The van der Waals surface area contributed by atoms with Crippen LogP contribution in [0.3, 0.4) is 0 Å². The second-order valence-corrected chi connectivity index (χ2v) is 6.20. The van der Waals surface area contributed by atoms with Crippen molar-refractivity contribution in [2.24, 2.45) is 5.73 Å². The van der Waals surface area contributed by atoms with E-state index in [1.54, 1.807) is 5.48 Å². The third kappa shape index (κ3) is 5.14. The molecule has 0 aliphatic carbocycles. The van der Waals surface area contributed by atoms with E-state index in [0.717, 1.165) is 21.2 Å². The molecule has 0 heterocycles. The van der Waals surface area contributed by atoms with Gasteiger partial charge in [-0.15, -0.1) is 0 Å². The van der Waals surface area contributed by atoms with Crippen molar-refractivity contribution in [2.75, 3.05) is 6.54 Å². The summed E-state index contributed by atoms with van der Waals surface area (Å²) < 4.78 is 1.05. The van der Waals surface area contributed by atoms with Crippen molar-refractivity contribution >= 4 is 21.8 Å². The maximum Gasteiger partial charge on any atom is 0.261 e. The van der Waals surface area contributed by atoms with Crippen LogP contribution in [0.5, 0.6) is 0 Å². The maximum absolute atomic E-state index is 11.5. The van der Waals surface area contributed by atoms with E-state index in [1.807, 2.05) is 43.3 Å². The van der Waals surface area contributed by atoms with Gasteiger partial charge in [0.05, 0.1) is 0 Å². The predicted molar refractivity (Wildman–Crippen MR) is 101 cm³/mol. The highest BCUT2D eigenvalue weighted by atomic mass is 79.9. The molecule has 1 unspecified atom stereocenters. The van der Waals surface area contributed by atoms with Crippen LogP contribution in [0.1, 0.15) is 26.0 Å². The fourth-order valence-electron chi connectivity index (χ4n) is 2.33. The van der Waals surface area contributed by atoms with E-state index in [0.29, 0.717) is 0 Å². The fraction of sp³-hybridized carbons (Fsp3) is 0.278. The first-order valence-corrected chi connectivity index (χ1v) is 8.10. The summed E-state index contributed by atoms with van der Waals surface area (Å²) >= 11 is 3.43. The number of halogens is 1. The average molecular weight is 394 g/mol. The molecular weight excluding hydrogens is 370 g/mol. The van der Waals surface area contributed by atoms with Crippen LogP contribution in [0.15, 0.2) is 53.0 Å². The molecule has 0 saturated heterocycles. The lowest BCUT2D eigenvalue weighted by Crippen LogP contribution is -2.48. The third-order valence-corrected chi connectivity index (χ3v) is 4.23. The molecule has 0 saturated carbocycles. The standard InChI is InChI=1S/C17H20BrN3O2.CH4/c1-11(20-16(10-19)17(22)21-23)12-2-4-13(5-3-12)14-6-8-15(18)9-7-14;/h2-9,11,16,20,23H,10,19H2,1H3,(H,21,22);1H4/t11?,16-;/m0./s1. The molecular formula is C18H24BrN3O2. The second kappa shape index (κ2) is 9.54. The van der Waals surface area contributed by atoms with Crippen LogP contribution in [0.2, 0.25) is 0 Å². The lowest BCUT2D eigenvalue weighted by atomic mass is 10.0. The number of nitrogens with one attached hydrogen (secondary N) is 2. The zero-order chi connectivity index (χ0) is 16.8. The van der Waals surface area contributed by atoms with Crippen LogP contribution in [-0.2, 0) is 4.79 Å². The summed E-state index contributed by atoms with van der Waals surface area (Å²) in [5.41, 5.74) is 10.5. The number of carbonyl (C=O) groups is 1. The fourth-order valence-corrected chi connectivity index (χ4v) is 2.60. The number of hydroxylamine groups is 1. The average Bonchev–Trinajstić information content (AvgIpc) is 2.59. The zero-order valence-corrected chi connectivity index (χ0v) is 14.4. The molecule has 0 fully saturated rings. The van der Waals surface area contributed by atoms with E-state index in [2.05, 4.69) is 33.4 Å². The van der Waals surface area contributed by atoms with Crippen LogP contribution >= 0.6 is 15.9 Å². The summed E-state index contributed by atoms with van der Waals surface area (Å²) in [5, 5.41) is 11.8. The second-order valence-electron chi connectivity index (χ2n) is 5.28. The lowest BCUT2D eigenvalue weighted by molar-refractivity contribution is -0.131. The van der Waals surface area contributed by atoms with Gasteiger partial charge >= 0.3 is 0 Å². The summed E-state index contributed by atoms with van der Waals surface area (Å²) in [6.45, 7) is 2.05. The van der Waals surface area contributed by atoms with Crippen molar-refractivity contribution in [1.29, 1.82) is 0 Å². The highest BCUT2D eigenvalue weighted by molar-refractivity contribution is 9.10. The Labute approximate surface area is 151 Å². The molecule has 0 aliphatic rings. The third-order valence-electron chi connectivity index (χ3n) is 3.70. The maximum atomic E-state index is 11.5. The van der Waals surface area contributed by atoms with Gasteiger partial charge in [-0.2, -0.15) is 0 Å². The first-order chi connectivity index (χ1) is 11.0. The van der Waals surface area contributed by atoms with Gasteiger partial charge in [0.15, 0.2) is 0 Å². The molecule has 0 spiro atoms. The van der Waals surface area contributed by atoms with Gasteiger partial charge in [0.1, 0.15) is 6.04 Å². The minimum atomic E-state index is -0.638. The minimum absolute atomic E-state index is 0. The van der Waals surface area contributed by atoms with Crippen LogP contribution in [0.25, 0.3) is 11.1 Å². The Morgan fingerprint density at radius 3 is 2.08 bits per heavy atom. The largest absolute Gasteiger partial charge is 0.328 e. The van der Waals surface area contributed by atoms with Crippen LogP contribution in [-0.4, -0.2) is 23.7 Å². The Morgan fingerprint density at radius 1 is 1.12 bits per heavy atom. The van der Waals surface area contributed by atoms with Gasteiger partial charge in [-0.1, -0.05) is 59.8 Å². The van der Waals surface area contributed by atoms with Gasteiger partial charge in [0.25, 0.3) is 5.91 Å². The number of benzene rings is 2. The number of hydrogen-bond acceptors (Lipinski definition) is 4. The lowest BCUT2D eigenvalue weighted by Gasteiger charge is -2.21. The molecule has 0 aromatic heterocycles. The van der Waals surface area contributed by atoms with Crippen molar-refractivity contribution < 1.29 is 10.0 Å². The molecule has 5 nitrogen and oxygen atoms in total. The van der Waals surface area contributed by atoms with Crippen molar-refractivity contribution in [3.05, 3.63) is 58.6 Å². The summed E-state index contributed by atoms with van der Waals surface area (Å²) in [4.78, 5) is 11.5. The first kappa shape index (κ1) is 20.3. The predicted octanol–water partition coefficient (Wildman–Crippen LogP) is 3.24. The molecule has 0 aliphatic heterocycles. The molecule has 2 rings (SSSR count). The van der Waals surface area contributed by atoms with Crippen molar-refractivity contribution in [3.63, 3.8) is 0 Å². The first-order valence-electron chi connectivity index (χ1n) is 7.31. The number of carbonyl (C=O) groups excluding carboxylic acids is 1. The Hall–Kier alpha value is -1.73. The van der Waals surface area contributed by atoms with E-state index >= 15 is 0 Å². The SMILES string of the molecule is C.CC(N[C@@H](CN)C(=O)NO)c1ccc(-c2ccc(Br)cc2)cc1. The zero-order valence-electron chi connectivity index (χ0n) is 12.8. The quantitative estimate of drug-likeness (QED) is 0.448. The molecule has 6 heteroatoms. The van der Waals surface area contributed by atoms with E-state index in [4.69, 9.17) is 10.9 Å². The summed E-state index contributed by atoms with van der Waals surface area (Å²) in [6, 6.07) is 15.5. The smallest absolute Gasteiger partial charge is 0.261 e. The van der Waals surface area contributed by atoms with Crippen LogP contribution in [0.4, 0.5) is 0 Å². The van der Waals surface area contributed by atoms with E-state index in [1.165, 1.54) is 0 Å². The molecule has 130 valence electrons. The number of rotatable bonds is 6. The normalized spacial score (nSPS) is 12.8. The molecule has 1 amide bonds. The number of amides is 1. The molecule has 0 bridgehead atoms. The van der Waals surface area contributed by atoms with E-state index < -0.39 is 11.9 Å². The van der Waals surface area contributed by atoms with Crippen LogP contribution < -0.4 is 16.5 Å². The van der Waals surface area contributed by atoms with Gasteiger partial charge in [0.2, 0.25) is 0 Å². The number of hydrogen-bond donors (Lipinski definition) is 4.